The molecule has 3 aromatic rings. The second-order valence-electron chi connectivity index (χ2n) is 7.58. The smallest absolute Gasteiger partial charge is 0.255 e. The van der Waals surface area contributed by atoms with E-state index in [1.54, 1.807) is 14.0 Å². The summed E-state index contributed by atoms with van der Waals surface area (Å²) in [5.74, 6) is 1.61. The van der Waals surface area contributed by atoms with E-state index >= 15 is 0 Å². The highest BCUT2D eigenvalue weighted by Crippen LogP contribution is 2.22. The maximum atomic E-state index is 12.6. The molecule has 6 nitrogen and oxygen atoms in total. The van der Waals surface area contributed by atoms with Gasteiger partial charge in [-0.15, -0.1) is 0 Å². The van der Waals surface area contributed by atoms with Gasteiger partial charge in [0.2, 0.25) is 5.91 Å². The Balaban J connectivity index is 1.64. The Morgan fingerprint density at radius 2 is 1.94 bits per heavy atom. The third-order valence-corrected chi connectivity index (χ3v) is 5.85. The molecule has 1 heterocycles. The molecule has 0 aliphatic rings. The van der Waals surface area contributed by atoms with E-state index in [2.05, 4.69) is 29.1 Å². The van der Waals surface area contributed by atoms with Gasteiger partial charge in [0.15, 0.2) is 5.16 Å². The summed E-state index contributed by atoms with van der Waals surface area (Å²) in [6.45, 7) is 5.99. The Hall–Kier alpha value is -3.06. The minimum Gasteiger partial charge on any atom is -0.497 e. The summed E-state index contributed by atoms with van der Waals surface area (Å²) in [4.78, 5) is 32.3. The van der Waals surface area contributed by atoms with Gasteiger partial charge in [-0.05, 0) is 48.2 Å². The van der Waals surface area contributed by atoms with Gasteiger partial charge in [-0.25, -0.2) is 4.98 Å². The van der Waals surface area contributed by atoms with Gasteiger partial charge in [-0.3, -0.25) is 9.59 Å². The number of H-pyrrole nitrogens is 1. The highest BCUT2D eigenvalue weighted by Gasteiger charge is 2.14. The average Bonchev–Trinajstić information content (AvgIpc) is 2.75. The van der Waals surface area contributed by atoms with Crippen molar-refractivity contribution in [2.24, 2.45) is 0 Å². The topological polar surface area (TPSA) is 84.1 Å². The number of anilines is 1. The molecular formula is C24H27N3O3S. The van der Waals surface area contributed by atoms with E-state index in [1.165, 1.54) is 17.3 Å². The first-order chi connectivity index (χ1) is 14.9. The van der Waals surface area contributed by atoms with Crippen molar-refractivity contribution in [1.29, 1.82) is 0 Å². The van der Waals surface area contributed by atoms with Gasteiger partial charge in [0.05, 0.1) is 13.5 Å². The van der Waals surface area contributed by atoms with Crippen LogP contribution < -0.4 is 15.6 Å². The van der Waals surface area contributed by atoms with Gasteiger partial charge in [0.25, 0.3) is 5.56 Å². The lowest BCUT2D eigenvalue weighted by Gasteiger charge is -2.10. The number of nitrogens with zero attached hydrogens (tertiary/aromatic N) is 1. The molecule has 1 amide bonds. The number of aryl methyl sites for hydroxylation is 1. The predicted octanol–water partition coefficient (Wildman–Crippen LogP) is 4.68. The third-order valence-electron chi connectivity index (χ3n) is 4.91. The molecule has 0 bridgehead atoms. The highest BCUT2D eigenvalue weighted by atomic mass is 32.2. The van der Waals surface area contributed by atoms with E-state index in [0.717, 1.165) is 11.3 Å². The summed E-state index contributed by atoms with van der Waals surface area (Å²) in [5, 5.41) is 3.37. The van der Waals surface area contributed by atoms with E-state index in [0.29, 0.717) is 33.8 Å². The summed E-state index contributed by atoms with van der Waals surface area (Å²) in [7, 11) is 1.63. The molecule has 2 aromatic carbocycles. The highest BCUT2D eigenvalue weighted by molar-refractivity contribution is 7.98. The van der Waals surface area contributed by atoms with E-state index in [1.807, 2.05) is 48.5 Å². The van der Waals surface area contributed by atoms with E-state index in [9.17, 15) is 9.59 Å². The Labute approximate surface area is 186 Å². The average molecular weight is 438 g/mol. The molecule has 1 aromatic heterocycles. The van der Waals surface area contributed by atoms with Crippen molar-refractivity contribution in [3.05, 3.63) is 81.3 Å². The van der Waals surface area contributed by atoms with E-state index in [4.69, 9.17) is 4.74 Å². The number of carbonyl (C=O) groups is 1. The summed E-state index contributed by atoms with van der Waals surface area (Å²) < 4.78 is 5.24. The largest absolute Gasteiger partial charge is 0.497 e. The fourth-order valence-electron chi connectivity index (χ4n) is 3.09. The van der Waals surface area contributed by atoms with Crippen molar-refractivity contribution in [3.63, 3.8) is 0 Å². The molecule has 2 N–H and O–H groups in total. The van der Waals surface area contributed by atoms with Gasteiger partial charge < -0.3 is 15.0 Å². The fourth-order valence-corrected chi connectivity index (χ4v) is 3.94. The zero-order chi connectivity index (χ0) is 22.4. The molecule has 0 fully saturated rings. The molecule has 0 aliphatic heterocycles. The lowest BCUT2D eigenvalue weighted by molar-refractivity contribution is -0.115. The standard InChI is InChI=1S/C24H27N3O3S/c1-15(2)18-8-10-19(11-9-18)26-22(28)13-21-16(3)25-24(27-23(21)29)31-14-17-6-5-7-20(12-17)30-4/h5-12,15H,13-14H2,1-4H3,(H,26,28)(H,25,27,29). The quantitative estimate of drug-likeness (QED) is 0.395. The number of thioether (sulfide) groups is 1. The molecule has 3 rings (SSSR count). The zero-order valence-corrected chi connectivity index (χ0v) is 19.0. The SMILES string of the molecule is COc1cccc(CSc2nc(C)c(CC(=O)Nc3ccc(C(C)C)cc3)c(=O)[nH]2)c1. The maximum absolute atomic E-state index is 12.6. The van der Waals surface area contributed by atoms with Crippen molar-refractivity contribution in [1.82, 2.24) is 9.97 Å². The zero-order valence-electron chi connectivity index (χ0n) is 18.2. The monoisotopic (exact) mass is 437 g/mol. The molecule has 0 atom stereocenters. The van der Waals surface area contributed by atoms with Crippen LogP contribution in [0.3, 0.4) is 0 Å². The van der Waals surface area contributed by atoms with E-state index < -0.39 is 0 Å². The summed E-state index contributed by atoms with van der Waals surface area (Å²) in [6.07, 6.45) is -0.0269. The molecule has 0 saturated heterocycles. The van der Waals surface area contributed by atoms with Gasteiger partial charge in [-0.2, -0.15) is 0 Å². The summed E-state index contributed by atoms with van der Waals surface area (Å²) in [6, 6.07) is 15.5. The van der Waals surface area contributed by atoms with Crippen LogP contribution in [0.15, 0.2) is 58.5 Å². The van der Waals surface area contributed by atoms with Crippen LogP contribution in [0.1, 0.15) is 42.1 Å². The molecule has 0 aliphatic carbocycles. The minimum atomic E-state index is -0.286. The molecule has 31 heavy (non-hydrogen) atoms. The fraction of sp³-hybridized carbons (Fsp3) is 0.292. The number of hydrogen-bond acceptors (Lipinski definition) is 5. The lowest BCUT2D eigenvalue weighted by atomic mass is 10.0. The van der Waals surface area contributed by atoms with Crippen LogP contribution in [-0.2, 0) is 17.0 Å². The number of carbonyl (C=O) groups excluding carboxylic acids is 1. The molecule has 0 spiro atoms. The van der Waals surface area contributed by atoms with Crippen molar-refractivity contribution in [2.45, 2.75) is 44.0 Å². The normalized spacial score (nSPS) is 10.9. The number of aromatic amines is 1. The molecule has 0 unspecified atom stereocenters. The van der Waals surface area contributed by atoms with Gasteiger partial charge >= 0.3 is 0 Å². The number of rotatable bonds is 8. The molecular weight excluding hydrogens is 410 g/mol. The van der Waals surface area contributed by atoms with E-state index in [-0.39, 0.29) is 17.9 Å². The second kappa shape index (κ2) is 10.3. The van der Waals surface area contributed by atoms with Crippen LogP contribution in [0, 0.1) is 6.92 Å². The first kappa shape index (κ1) is 22.6. The molecule has 0 saturated carbocycles. The van der Waals surface area contributed by atoms with Crippen LogP contribution in [0.2, 0.25) is 0 Å². The Bertz CT molecular complexity index is 1110. The number of benzene rings is 2. The summed E-state index contributed by atoms with van der Waals surface area (Å²) in [5.41, 5.74) is 3.63. The number of aromatic nitrogens is 2. The predicted molar refractivity (Wildman–Crippen MR) is 125 cm³/mol. The van der Waals surface area contributed by atoms with Crippen LogP contribution in [0.4, 0.5) is 5.69 Å². The first-order valence-electron chi connectivity index (χ1n) is 10.1. The Morgan fingerprint density at radius 3 is 2.58 bits per heavy atom. The van der Waals surface area contributed by atoms with Crippen LogP contribution in [0.25, 0.3) is 0 Å². The maximum Gasteiger partial charge on any atom is 0.255 e. The second-order valence-corrected chi connectivity index (χ2v) is 8.54. The van der Waals surface area contributed by atoms with Crippen LogP contribution >= 0.6 is 11.8 Å². The number of ether oxygens (including phenoxy) is 1. The minimum absolute atomic E-state index is 0.0269. The van der Waals surface area contributed by atoms with Gasteiger partial charge in [0, 0.05) is 22.7 Å². The van der Waals surface area contributed by atoms with Crippen LogP contribution in [0.5, 0.6) is 5.75 Å². The number of hydrogen-bond donors (Lipinski definition) is 2. The number of nitrogens with one attached hydrogen (secondary N) is 2. The number of methoxy groups -OCH3 is 1. The van der Waals surface area contributed by atoms with Gasteiger partial charge in [-0.1, -0.05) is 49.9 Å². The van der Waals surface area contributed by atoms with Crippen molar-refractivity contribution in [3.8, 4) is 5.75 Å². The van der Waals surface area contributed by atoms with Crippen molar-refractivity contribution in [2.75, 3.05) is 12.4 Å². The Morgan fingerprint density at radius 1 is 1.19 bits per heavy atom. The molecule has 7 heteroatoms. The molecule has 0 radical (unpaired) electrons. The number of amides is 1. The lowest BCUT2D eigenvalue weighted by Crippen LogP contribution is -2.23. The Kier molecular flexibility index (Phi) is 7.52. The summed E-state index contributed by atoms with van der Waals surface area (Å²) >= 11 is 1.43. The first-order valence-corrected chi connectivity index (χ1v) is 11.1. The van der Waals surface area contributed by atoms with Crippen LogP contribution in [-0.4, -0.2) is 23.0 Å². The third kappa shape index (κ3) is 6.21. The van der Waals surface area contributed by atoms with Crippen molar-refractivity contribution < 1.29 is 9.53 Å². The molecule has 162 valence electrons. The van der Waals surface area contributed by atoms with Gasteiger partial charge in [0.1, 0.15) is 5.75 Å². The van der Waals surface area contributed by atoms with Crippen molar-refractivity contribution >= 4 is 23.4 Å².